The van der Waals surface area contributed by atoms with Crippen molar-refractivity contribution in [3.05, 3.63) is 24.3 Å². The molecule has 5 heteroatoms. The molecule has 2 rings (SSSR count). The van der Waals surface area contributed by atoms with E-state index >= 15 is 0 Å². The van der Waals surface area contributed by atoms with Gasteiger partial charge in [0.1, 0.15) is 5.75 Å². The Labute approximate surface area is 117 Å². The van der Waals surface area contributed by atoms with Crippen molar-refractivity contribution in [2.24, 2.45) is 5.41 Å². The van der Waals surface area contributed by atoms with Crippen LogP contribution in [0.5, 0.6) is 5.75 Å². The Balaban J connectivity index is 1.70. The van der Waals surface area contributed by atoms with Gasteiger partial charge in [0, 0.05) is 16.9 Å². The maximum absolute atomic E-state index is 11.7. The first kappa shape index (κ1) is 14.2. The Bertz CT molecular complexity index is 429. The lowest BCUT2D eigenvalue weighted by Crippen LogP contribution is -2.48. The van der Waals surface area contributed by atoms with Gasteiger partial charge in [-0.05, 0) is 24.3 Å². The summed E-state index contributed by atoms with van der Waals surface area (Å²) in [6, 6.07) is 7.70. The van der Waals surface area contributed by atoms with E-state index in [4.69, 9.17) is 9.47 Å². The Morgan fingerprint density at radius 2 is 2.11 bits per heavy atom. The van der Waals surface area contributed by atoms with Gasteiger partial charge < -0.3 is 14.8 Å². The first-order valence-corrected chi connectivity index (χ1v) is 7.21. The van der Waals surface area contributed by atoms with Gasteiger partial charge in [-0.3, -0.25) is 4.79 Å². The molecule has 0 radical (unpaired) electrons. The second-order valence-electron chi connectivity index (χ2n) is 5.04. The van der Waals surface area contributed by atoms with Crippen LogP contribution in [0.3, 0.4) is 0 Å². The third-order valence-electron chi connectivity index (χ3n) is 3.04. The van der Waals surface area contributed by atoms with Crippen LogP contribution in [0, 0.1) is 5.41 Å². The molecule has 0 aliphatic carbocycles. The zero-order valence-electron chi connectivity index (χ0n) is 11.3. The second kappa shape index (κ2) is 6.30. The van der Waals surface area contributed by atoms with E-state index in [9.17, 15) is 4.79 Å². The smallest absolute Gasteiger partial charge is 0.230 e. The second-order valence-corrected chi connectivity index (χ2v) is 6.09. The minimum Gasteiger partial charge on any atom is -0.497 e. The Hall–Kier alpha value is -1.20. The predicted molar refractivity (Wildman–Crippen MR) is 75.7 cm³/mol. The van der Waals surface area contributed by atoms with E-state index in [2.05, 4.69) is 12.2 Å². The molecule has 0 bridgehead atoms. The zero-order valence-corrected chi connectivity index (χ0v) is 12.1. The van der Waals surface area contributed by atoms with Gasteiger partial charge >= 0.3 is 0 Å². The van der Waals surface area contributed by atoms with Crippen molar-refractivity contribution in [2.45, 2.75) is 11.8 Å². The number of hydrogen-bond donors (Lipinski definition) is 1. The van der Waals surface area contributed by atoms with Gasteiger partial charge in [0.2, 0.25) is 5.91 Å². The van der Waals surface area contributed by atoms with Crippen LogP contribution in [0.25, 0.3) is 0 Å². The van der Waals surface area contributed by atoms with E-state index in [1.165, 1.54) is 11.8 Å². The number of methoxy groups -OCH3 is 1. The van der Waals surface area contributed by atoms with E-state index in [-0.39, 0.29) is 11.3 Å². The van der Waals surface area contributed by atoms with Gasteiger partial charge in [-0.25, -0.2) is 0 Å². The summed E-state index contributed by atoms with van der Waals surface area (Å²) in [6.45, 7) is 4.28. The Morgan fingerprint density at radius 3 is 2.63 bits per heavy atom. The van der Waals surface area contributed by atoms with Crippen LogP contribution in [0.4, 0.5) is 0 Å². The number of rotatable bonds is 6. The van der Waals surface area contributed by atoms with E-state index in [0.29, 0.717) is 12.3 Å². The van der Waals surface area contributed by atoms with Crippen molar-refractivity contribution in [1.29, 1.82) is 0 Å². The molecular formula is C14H19NO3S. The molecule has 1 amide bonds. The lowest BCUT2D eigenvalue weighted by molar-refractivity contribution is -0.124. The molecule has 1 aliphatic heterocycles. The highest BCUT2D eigenvalue weighted by Crippen LogP contribution is 2.25. The number of carbonyl (C=O) groups excluding carboxylic acids is 1. The van der Waals surface area contributed by atoms with Crippen LogP contribution in [0.2, 0.25) is 0 Å². The quantitative estimate of drug-likeness (QED) is 0.810. The zero-order chi connectivity index (χ0) is 13.7. The summed E-state index contributed by atoms with van der Waals surface area (Å²) >= 11 is 1.53. The van der Waals surface area contributed by atoms with Crippen LogP contribution in [0.1, 0.15) is 6.92 Å². The highest BCUT2D eigenvalue weighted by atomic mass is 32.2. The molecule has 1 aromatic carbocycles. The minimum atomic E-state index is 0.0638. The van der Waals surface area contributed by atoms with Crippen molar-refractivity contribution < 1.29 is 14.3 Å². The molecule has 0 saturated carbocycles. The SMILES string of the molecule is COc1ccc(SCC(=O)NCC2(C)COC2)cc1. The molecule has 4 nitrogen and oxygen atoms in total. The molecule has 1 saturated heterocycles. The number of carbonyl (C=O) groups is 1. The van der Waals surface area contributed by atoms with E-state index in [1.807, 2.05) is 24.3 Å². The van der Waals surface area contributed by atoms with Crippen molar-refractivity contribution >= 4 is 17.7 Å². The first-order valence-electron chi connectivity index (χ1n) is 6.23. The normalized spacial score (nSPS) is 16.5. The predicted octanol–water partition coefficient (Wildman–Crippen LogP) is 1.94. The number of hydrogen-bond acceptors (Lipinski definition) is 4. The average Bonchev–Trinajstić information content (AvgIpc) is 2.41. The molecule has 1 heterocycles. The summed E-state index contributed by atoms with van der Waals surface area (Å²) in [7, 11) is 1.64. The molecule has 104 valence electrons. The van der Waals surface area contributed by atoms with E-state index in [0.717, 1.165) is 23.9 Å². The van der Waals surface area contributed by atoms with Crippen molar-refractivity contribution in [1.82, 2.24) is 5.32 Å². The molecule has 0 spiro atoms. The summed E-state index contributed by atoms with van der Waals surface area (Å²) in [4.78, 5) is 12.8. The van der Waals surface area contributed by atoms with Crippen LogP contribution in [-0.4, -0.2) is 38.5 Å². The van der Waals surface area contributed by atoms with Gasteiger partial charge in [0.05, 0.1) is 26.1 Å². The van der Waals surface area contributed by atoms with Crippen LogP contribution in [0.15, 0.2) is 29.2 Å². The number of nitrogens with one attached hydrogen (secondary N) is 1. The largest absolute Gasteiger partial charge is 0.497 e. The molecule has 1 fully saturated rings. The van der Waals surface area contributed by atoms with E-state index < -0.39 is 0 Å². The third-order valence-corrected chi connectivity index (χ3v) is 4.05. The van der Waals surface area contributed by atoms with Crippen LogP contribution >= 0.6 is 11.8 Å². The molecule has 1 aliphatic rings. The molecule has 0 atom stereocenters. The van der Waals surface area contributed by atoms with Gasteiger partial charge in [-0.2, -0.15) is 0 Å². The van der Waals surface area contributed by atoms with Gasteiger partial charge in [-0.15, -0.1) is 11.8 Å². The number of ether oxygens (including phenoxy) is 2. The molecular weight excluding hydrogens is 262 g/mol. The highest BCUT2D eigenvalue weighted by Gasteiger charge is 2.33. The lowest BCUT2D eigenvalue weighted by atomic mass is 9.89. The molecule has 0 aromatic heterocycles. The summed E-state index contributed by atoms with van der Waals surface area (Å²) in [6.07, 6.45) is 0. The molecule has 1 aromatic rings. The van der Waals surface area contributed by atoms with Crippen LogP contribution < -0.4 is 10.1 Å². The highest BCUT2D eigenvalue weighted by molar-refractivity contribution is 8.00. The topological polar surface area (TPSA) is 47.6 Å². The van der Waals surface area contributed by atoms with Gasteiger partial charge in [0.15, 0.2) is 0 Å². The fourth-order valence-electron chi connectivity index (χ4n) is 1.74. The summed E-state index contributed by atoms with van der Waals surface area (Å²) in [5, 5.41) is 2.95. The number of thioether (sulfide) groups is 1. The van der Waals surface area contributed by atoms with Gasteiger partial charge in [0.25, 0.3) is 0 Å². The summed E-state index contributed by atoms with van der Waals surface area (Å²) < 4.78 is 10.2. The average molecular weight is 281 g/mol. The Kier molecular flexibility index (Phi) is 4.71. The molecule has 19 heavy (non-hydrogen) atoms. The van der Waals surface area contributed by atoms with Crippen molar-refractivity contribution in [3.63, 3.8) is 0 Å². The van der Waals surface area contributed by atoms with Crippen LogP contribution in [-0.2, 0) is 9.53 Å². The Morgan fingerprint density at radius 1 is 1.42 bits per heavy atom. The van der Waals surface area contributed by atoms with Crippen molar-refractivity contribution in [2.75, 3.05) is 32.6 Å². The molecule has 1 N–H and O–H groups in total. The summed E-state index contributed by atoms with van der Waals surface area (Å²) in [5.74, 6) is 1.32. The number of amides is 1. The van der Waals surface area contributed by atoms with Gasteiger partial charge in [-0.1, -0.05) is 6.92 Å². The maximum atomic E-state index is 11.7. The summed E-state index contributed by atoms with van der Waals surface area (Å²) in [5.41, 5.74) is 0.125. The monoisotopic (exact) mass is 281 g/mol. The minimum absolute atomic E-state index is 0.0638. The third kappa shape index (κ3) is 4.14. The molecule has 0 unspecified atom stereocenters. The number of benzene rings is 1. The first-order chi connectivity index (χ1) is 9.11. The fourth-order valence-corrected chi connectivity index (χ4v) is 2.46. The maximum Gasteiger partial charge on any atom is 0.230 e. The fraction of sp³-hybridized carbons (Fsp3) is 0.500. The lowest BCUT2D eigenvalue weighted by Gasteiger charge is -2.38. The van der Waals surface area contributed by atoms with E-state index in [1.54, 1.807) is 7.11 Å². The standard InChI is InChI=1S/C14H19NO3S/c1-14(9-18-10-14)8-15-13(16)7-19-12-5-3-11(17-2)4-6-12/h3-6H,7-10H2,1-2H3,(H,15,16). The van der Waals surface area contributed by atoms with Crippen molar-refractivity contribution in [3.8, 4) is 5.75 Å².